The molecule has 0 radical (unpaired) electrons. The van der Waals surface area contributed by atoms with Crippen molar-refractivity contribution in [1.29, 1.82) is 0 Å². The van der Waals surface area contributed by atoms with Crippen molar-refractivity contribution in [3.05, 3.63) is 0 Å². The molecule has 0 amide bonds. The van der Waals surface area contributed by atoms with Crippen LogP contribution < -0.4 is 0 Å². The average molecular weight is 140 g/mol. The molecule has 0 unspecified atom stereocenters. The first-order valence-corrected chi connectivity index (χ1v) is 3.42. The molecule has 0 aliphatic carbocycles. The Morgan fingerprint density at radius 3 is 2.70 bits per heavy atom. The Morgan fingerprint density at radius 1 is 1.60 bits per heavy atom. The van der Waals surface area contributed by atoms with Crippen molar-refractivity contribution in [3.8, 4) is 12.3 Å². The fourth-order valence-electron chi connectivity index (χ4n) is 0.965. The first-order valence-electron chi connectivity index (χ1n) is 3.42. The molecule has 56 valence electrons. The molecular formula is C8H12O2. The van der Waals surface area contributed by atoms with Crippen LogP contribution in [-0.2, 0) is 9.47 Å². The predicted molar refractivity (Wildman–Crippen MR) is 38.4 cm³/mol. The summed E-state index contributed by atoms with van der Waals surface area (Å²) in [7, 11) is 0. The summed E-state index contributed by atoms with van der Waals surface area (Å²) in [5, 5.41) is 0. The van der Waals surface area contributed by atoms with Gasteiger partial charge in [-0.2, -0.15) is 0 Å². The standard InChI is InChI=1S/C8H12O2/c1-4-7-5-6-9-8(2,3)10-7/h1,7H,5-6H2,2-3H3/t7-/m0/s1. The van der Waals surface area contributed by atoms with Crippen molar-refractivity contribution in [1.82, 2.24) is 0 Å². The van der Waals surface area contributed by atoms with Crippen LogP contribution in [0.1, 0.15) is 20.3 Å². The minimum absolute atomic E-state index is 0.0660. The van der Waals surface area contributed by atoms with E-state index in [1.165, 1.54) is 0 Å². The number of rotatable bonds is 0. The van der Waals surface area contributed by atoms with Gasteiger partial charge in [-0.25, -0.2) is 0 Å². The van der Waals surface area contributed by atoms with E-state index in [0.29, 0.717) is 6.61 Å². The summed E-state index contributed by atoms with van der Waals surface area (Å²) in [6, 6.07) is 0. The van der Waals surface area contributed by atoms with E-state index >= 15 is 0 Å². The summed E-state index contributed by atoms with van der Waals surface area (Å²) in [5.41, 5.74) is 0. The van der Waals surface area contributed by atoms with Gasteiger partial charge >= 0.3 is 0 Å². The Balaban J connectivity index is 2.49. The van der Waals surface area contributed by atoms with Crippen LogP contribution in [0.5, 0.6) is 0 Å². The number of terminal acetylenes is 1. The molecule has 0 aromatic carbocycles. The maximum Gasteiger partial charge on any atom is 0.164 e. The highest BCUT2D eigenvalue weighted by molar-refractivity contribution is 4.96. The zero-order chi connectivity index (χ0) is 7.61. The van der Waals surface area contributed by atoms with Gasteiger partial charge in [-0.05, 0) is 13.8 Å². The van der Waals surface area contributed by atoms with Gasteiger partial charge in [0.1, 0.15) is 6.10 Å². The number of ether oxygens (including phenoxy) is 2. The molecule has 0 bridgehead atoms. The lowest BCUT2D eigenvalue weighted by Crippen LogP contribution is -2.38. The third-order valence-corrected chi connectivity index (χ3v) is 1.44. The third kappa shape index (κ3) is 1.73. The molecule has 1 atom stereocenters. The first kappa shape index (κ1) is 7.59. The van der Waals surface area contributed by atoms with E-state index in [0.717, 1.165) is 6.42 Å². The molecular weight excluding hydrogens is 128 g/mol. The van der Waals surface area contributed by atoms with Crippen molar-refractivity contribution in [3.63, 3.8) is 0 Å². The molecule has 1 rings (SSSR count). The zero-order valence-corrected chi connectivity index (χ0v) is 6.39. The lowest BCUT2D eigenvalue weighted by Gasteiger charge is -2.33. The van der Waals surface area contributed by atoms with E-state index in [9.17, 15) is 0 Å². The minimum atomic E-state index is -0.491. The topological polar surface area (TPSA) is 18.5 Å². The van der Waals surface area contributed by atoms with E-state index < -0.39 is 5.79 Å². The maximum atomic E-state index is 5.36. The van der Waals surface area contributed by atoms with Crippen LogP contribution in [0, 0.1) is 12.3 Å². The summed E-state index contributed by atoms with van der Waals surface area (Å²) >= 11 is 0. The maximum absolute atomic E-state index is 5.36. The van der Waals surface area contributed by atoms with E-state index in [4.69, 9.17) is 15.9 Å². The van der Waals surface area contributed by atoms with Crippen LogP contribution in [-0.4, -0.2) is 18.5 Å². The molecule has 0 aromatic heterocycles. The van der Waals surface area contributed by atoms with Crippen molar-refractivity contribution in [2.75, 3.05) is 6.61 Å². The first-order chi connectivity index (χ1) is 4.64. The van der Waals surface area contributed by atoms with Gasteiger partial charge in [0.05, 0.1) is 6.61 Å². The molecule has 0 N–H and O–H groups in total. The van der Waals surface area contributed by atoms with Gasteiger partial charge in [0.15, 0.2) is 5.79 Å². The van der Waals surface area contributed by atoms with E-state index in [-0.39, 0.29) is 6.10 Å². The van der Waals surface area contributed by atoms with Gasteiger partial charge in [0.2, 0.25) is 0 Å². The molecule has 1 aliphatic rings. The monoisotopic (exact) mass is 140 g/mol. The highest BCUT2D eigenvalue weighted by atomic mass is 16.7. The van der Waals surface area contributed by atoms with Crippen molar-refractivity contribution < 1.29 is 9.47 Å². The van der Waals surface area contributed by atoms with E-state index in [1.54, 1.807) is 0 Å². The second kappa shape index (κ2) is 2.61. The van der Waals surface area contributed by atoms with Crippen LogP contribution in [0.2, 0.25) is 0 Å². The van der Waals surface area contributed by atoms with Gasteiger partial charge in [0.25, 0.3) is 0 Å². The van der Waals surface area contributed by atoms with Gasteiger partial charge in [-0.1, -0.05) is 5.92 Å². The minimum Gasteiger partial charge on any atom is -0.350 e. The van der Waals surface area contributed by atoms with Crippen molar-refractivity contribution in [2.45, 2.75) is 32.2 Å². The molecule has 2 heteroatoms. The van der Waals surface area contributed by atoms with Gasteiger partial charge in [-0.3, -0.25) is 0 Å². The van der Waals surface area contributed by atoms with E-state index in [1.807, 2.05) is 13.8 Å². The van der Waals surface area contributed by atoms with Crippen molar-refractivity contribution in [2.24, 2.45) is 0 Å². The molecule has 2 nitrogen and oxygen atoms in total. The Labute approximate surface area is 61.5 Å². The summed E-state index contributed by atoms with van der Waals surface area (Å²) in [5.74, 6) is 2.07. The fraction of sp³-hybridized carbons (Fsp3) is 0.750. The van der Waals surface area contributed by atoms with E-state index in [2.05, 4.69) is 5.92 Å². The second-order valence-electron chi connectivity index (χ2n) is 2.81. The molecule has 1 saturated heterocycles. The van der Waals surface area contributed by atoms with Gasteiger partial charge < -0.3 is 9.47 Å². The summed E-state index contributed by atoms with van der Waals surface area (Å²) < 4.78 is 10.6. The molecule has 1 fully saturated rings. The Kier molecular flexibility index (Phi) is 1.98. The SMILES string of the molecule is C#C[C@H]1CCOC(C)(C)O1. The third-order valence-electron chi connectivity index (χ3n) is 1.44. The molecule has 0 saturated carbocycles. The Hall–Kier alpha value is -0.520. The molecule has 10 heavy (non-hydrogen) atoms. The second-order valence-corrected chi connectivity index (χ2v) is 2.81. The summed E-state index contributed by atoms with van der Waals surface area (Å²) in [6.07, 6.45) is 5.93. The number of hydrogen-bond donors (Lipinski definition) is 0. The normalized spacial score (nSPS) is 31.1. The van der Waals surface area contributed by atoms with Crippen LogP contribution in [0.15, 0.2) is 0 Å². The Bertz CT molecular complexity index is 155. The highest BCUT2D eigenvalue weighted by Gasteiger charge is 2.27. The smallest absolute Gasteiger partial charge is 0.164 e. The van der Waals surface area contributed by atoms with Gasteiger partial charge in [-0.15, -0.1) is 6.42 Å². The quantitative estimate of drug-likeness (QED) is 0.470. The molecule has 1 aliphatic heterocycles. The predicted octanol–water partition coefficient (Wildman–Crippen LogP) is 1.16. The van der Waals surface area contributed by atoms with Crippen LogP contribution in [0.3, 0.4) is 0 Å². The molecule has 1 heterocycles. The van der Waals surface area contributed by atoms with Crippen LogP contribution in [0.4, 0.5) is 0 Å². The molecule has 0 aromatic rings. The lowest BCUT2D eigenvalue weighted by molar-refractivity contribution is -0.260. The Morgan fingerprint density at radius 2 is 2.30 bits per heavy atom. The lowest BCUT2D eigenvalue weighted by atomic mass is 10.2. The summed E-state index contributed by atoms with van der Waals surface area (Å²) in [4.78, 5) is 0. The largest absolute Gasteiger partial charge is 0.350 e. The van der Waals surface area contributed by atoms with Crippen LogP contribution >= 0.6 is 0 Å². The van der Waals surface area contributed by atoms with Gasteiger partial charge in [0, 0.05) is 6.42 Å². The summed E-state index contributed by atoms with van der Waals surface area (Å²) in [6.45, 7) is 4.44. The number of hydrogen-bond acceptors (Lipinski definition) is 2. The van der Waals surface area contributed by atoms with Crippen molar-refractivity contribution >= 4 is 0 Å². The fourth-order valence-corrected chi connectivity index (χ4v) is 0.965. The van der Waals surface area contributed by atoms with Crippen LogP contribution in [0.25, 0.3) is 0 Å². The zero-order valence-electron chi connectivity index (χ0n) is 6.39. The molecule has 0 spiro atoms. The average Bonchev–Trinajstić information content (AvgIpc) is 1.86. The highest BCUT2D eigenvalue weighted by Crippen LogP contribution is 2.20.